The van der Waals surface area contributed by atoms with Crippen LogP contribution in [0.25, 0.3) is 0 Å². The number of aromatic nitrogens is 2. The number of alkyl halides is 3. The van der Waals surface area contributed by atoms with E-state index >= 15 is 0 Å². The Balaban J connectivity index is 1.11. The molecule has 5 rings (SSSR count). The van der Waals surface area contributed by atoms with Gasteiger partial charge in [-0.15, -0.1) is 32.9 Å². The zero-order valence-corrected chi connectivity index (χ0v) is 24.2. The Morgan fingerprint density at radius 3 is 2.70 bits per heavy atom. The van der Waals surface area contributed by atoms with Crippen molar-refractivity contribution in [3.05, 3.63) is 70.7 Å². The van der Waals surface area contributed by atoms with Crippen LogP contribution in [0.15, 0.2) is 59.7 Å². The molecule has 1 fully saturated rings. The molecule has 0 radical (unpaired) electrons. The number of hydrazone groups is 1. The van der Waals surface area contributed by atoms with Crippen molar-refractivity contribution in [3.63, 3.8) is 0 Å². The van der Waals surface area contributed by atoms with Crippen molar-refractivity contribution in [2.24, 2.45) is 5.10 Å². The fraction of sp³-hybridized carbons (Fsp3) is 0.370. The minimum atomic E-state index is -4.82. The SMILES string of the molecule is O=C(Cc1cccc(OC(F)(F)F)c1)NC1=NNN([C@H]2CCCC(c3nnc(NC(=O)C(CO)c4ccccc4)s3)C2)S1. The average molecular weight is 636 g/mol. The standard InChI is InChI=1S/C27H28F3N7O4S2/c28-27(29,30)41-20-11-4-6-16(12-20)13-22(39)31-26-35-36-37(43-26)19-10-5-9-18(14-19)24-33-34-25(42-24)32-23(40)21(15-38)17-7-2-1-3-8-17/h1-4,6-8,11-12,18-19,21,36,38H,5,9-10,13-15H2,(H,31,35,39)(H,32,34,40)/t18?,19-,21?/m0/s1. The molecule has 2 unspecified atom stereocenters. The molecular weight excluding hydrogens is 607 g/mol. The molecule has 16 heteroatoms. The molecule has 0 bridgehead atoms. The van der Waals surface area contributed by atoms with Crippen molar-refractivity contribution < 1.29 is 32.6 Å². The van der Waals surface area contributed by atoms with Crippen molar-refractivity contribution in [1.29, 1.82) is 0 Å². The Morgan fingerprint density at radius 1 is 1.12 bits per heavy atom. The molecule has 2 aliphatic rings. The first-order valence-electron chi connectivity index (χ1n) is 13.4. The van der Waals surface area contributed by atoms with Gasteiger partial charge >= 0.3 is 6.36 Å². The van der Waals surface area contributed by atoms with E-state index in [9.17, 15) is 27.9 Å². The number of aliphatic hydroxyl groups is 1. The maximum atomic E-state index is 12.8. The Morgan fingerprint density at radius 2 is 1.93 bits per heavy atom. The van der Waals surface area contributed by atoms with E-state index < -0.39 is 23.9 Å². The number of carbonyl (C=O) groups is 2. The molecule has 0 saturated heterocycles. The molecule has 1 saturated carbocycles. The van der Waals surface area contributed by atoms with Gasteiger partial charge < -0.3 is 15.2 Å². The summed E-state index contributed by atoms with van der Waals surface area (Å²) >= 11 is 2.55. The summed E-state index contributed by atoms with van der Waals surface area (Å²) in [6.07, 6.45) is -1.51. The fourth-order valence-corrected chi connectivity index (χ4v) is 6.65. The molecule has 43 heavy (non-hydrogen) atoms. The topological polar surface area (TPSA) is 141 Å². The van der Waals surface area contributed by atoms with Gasteiger partial charge in [0.15, 0.2) is 0 Å². The van der Waals surface area contributed by atoms with E-state index in [2.05, 4.69) is 36.2 Å². The molecule has 2 aromatic carbocycles. The van der Waals surface area contributed by atoms with Crippen LogP contribution in [0.3, 0.4) is 0 Å². The molecule has 228 valence electrons. The highest BCUT2D eigenvalue weighted by atomic mass is 32.2. The first-order chi connectivity index (χ1) is 20.7. The third kappa shape index (κ3) is 8.43. The van der Waals surface area contributed by atoms with Gasteiger partial charge in [-0.05, 0) is 42.5 Å². The minimum absolute atomic E-state index is 0.0666. The quantitative estimate of drug-likeness (QED) is 0.254. The molecule has 1 aromatic heterocycles. The van der Waals surface area contributed by atoms with E-state index in [-0.39, 0.29) is 30.9 Å². The zero-order chi connectivity index (χ0) is 30.4. The van der Waals surface area contributed by atoms with Crippen molar-refractivity contribution in [3.8, 4) is 5.75 Å². The minimum Gasteiger partial charge on any atom is -0.406 e. The van der Waals surface area contributed by atoms with Gasteiger partial charge in [-0.1, -0.05) is 60.2 Å². The highest BCUT2D eigenvalue weighted by molar-refractivity contribution is 8.12. The number of nitrogens with one attached hydrogen (secondary N) is 3. The van der Waals surface area contributed by atoms with Crippen molar-refractivity contribution in [2.45, 2.75) is 56.3 Å². The average Bonchev–Trinajstić information content (AvgIpc) is 3.63. The Kier molecular flexibility index (Phi) is 9.79. The zero-order valence-electron chi connectivity index (χ0n) is 22.6. The van der Waals surface area contributed by atoms with Crippen LogP contribution in [0.1, 0.15) is 53.7 Å². The van der Waals surface area contributed by atoms with E-state index in [1.165, 1.54) is 47.6 Å². The molecule has 4 N–H and O–H groups in total. The van der Waals surface area contributed by atoms with Gasteiger partial charge in [0, 0.05) is 23.9 Å². The van der Waals surface area contributed by atoms with Crippen LogP contribution in [-0.2, 0) is 16.0 Å². The summed E-state index contributed by atoms with van der Waals surface area (Å²) in [5, 5.41) is 29.4. The summed E-state index contributed by atoms with van der Waals surface area (Å²) in [7, 11) is 0. The molecule has 2 amide bonds. The number of amidine groups is 1. The third-order valence-corrected chi connectivity index (χ3v) is 8.82. The van der Waals surface area contributed by atoms with Gasteiger partial charge in [0.25, 0.3) is 0 Å². The molecule has 3 atom stereocenters. The second-order valence-electron chi connectivity index (χ2n) is 9.95. The molecule has 3 aromatic rings. The van der Waals surface area contributed by atoms with E-state index in [1.54, 1.807) is 12.1 Å². The third-order valence-electron chi connectivity index (χ3n) is 6.88. The van der Waals surface area contributed by atoms with Gasteiger partial charge in [0.05, 0.1) is 18.9 Å². The predicted molar refractivity (Wildman–Crippen MR) is 155 cm³/mol. The molecule has 0 spiro atoms. The van der Waals surface area contributed by atoms with Crippen LogP contribution in [-0.4, -0.2) is 55.7 Å². The first-order valence-corrected chi connectivity index (χ1v) is 15.0. The van der Waals surface area contributed by atoms with Gasteiger partial charge in [-0.2, -0.15) is 0 Å². The molecule has 2 heterocycles. The van der Waals surface area contributed by atoms with Crippen LogP contribution in [0.4, 0.5) is 18.3 Å². The first kappa shape index (κ1) is 30.7. The lowest BCUT2D eigenvalue weighted by molar-refractivity contribution is -0.274. The lowest BCUT2D eigenvalue weighted by atomic mass is 9.86. The Labute approximate surface area is 253 Å². The summed E-state index contributed by atoms with van der Waals surface area (Å²) in [6.45, 7) is -0.332. The second kappa shape index (κ2) is 13.7. The second-order valence-corrected chi connectivity index (χ2v) is 11.9. The molecule has 11 nitrogen and oxygen atoms in total. The van der Waals surface area contributed by atoms with E-state index in [1.807, 2.05) is 22.6 Å². The number of amides is 2. The predicted octanol–water partition coefficient (Wildman–Crippen LogP) is 4.28. The Bertz CT molecular complexity index is 1460. The smallest absolute Gasteiger partial charge is 0.406 e. The highest BCUT2D eigenvalue weighted by Crippen LogP contribution is 2.39. The maximum Gasteiger partial charge on any atom is 0.573 e. The summed E-state index contributed by atoms with van der Waals surface area (Å²) in [4.78, 5) is 25.3. The Hall–Kier alpha value is -3.73. The number of nitrogens with zero attached hydrogens (tertiary/aromatic N) is 4. The number of hydrazine groups is 1. The fourth-order valence-electron chi connectivity index (χ4n) is 4.91. The normalized spacial score (nSPS) is 19.7. The molecule has 1 aliphatic heterocycles. The van der Waals surface area contributed by atoms with Crippen LogP contribution in [0, 0.1) is 0 Å². The van der Waals surface area contributed by atoms with Gasteiger partial charge in [0.2, 0.25) is 22.1 Å². The summed E-state index contributed by atoms with van der Waals surface area (Å²) in [5.74, 6) is -1.79. The van der Waals surface area contributed by atoms with Crippen molar-refractivity contribution in [2.75, 3.05) is 11.9 Å². The number of anilines is 1. The van der Waals surface area contributed by atoms with E-state index in [0.29, 0.717) is 21.4 Å². The number of rotatable bonds is 9. The van der Waals surface area contributed by atoms with Gasteiger partial charge in [-0.3, -0.25) is 14.9 Å². The van der Waals surface area contributed by atoms with Gasteiger partial charge in [-0.25, -0.2) is 5.53 Å². The number of benzene rings is 2. The number of hydrogen-bond donors (Lipinski definition) is 4. The molecular formula is C27H28F3N7O4S2. The van der Waals surface area contributed by atoms with Gasteiger partial charge in [0.1, 0.15) is 10.8 Å². The number of carbonyl (C=O) groups excluding carboxylic acids is 2. The summed E-state index contributed by atoms with van der Waals surface area (Å²) < 4.78 is 43.3. The maximum absolute atomic E-state index is 12.8. The van der Waals surface area contributed by atoms with Crippen LogP contribution >= 0.6 is 23.3 Å². The number of aliphatic hydroxyl groups excluding tert-OH is 1. The number of hydrogen-bond acceptors (Lipinski definition) is 11. The van der Waals surface area contributed by atoms with E-state index in [0.717, 1.165) is 30.7 Å². The summed E-state index contributed by atoms with van der Waals surface area (Å²) in [5.41, 5.74) is 4.00. The van der Waals surface area contributed by atoms with Crippen molar-refractivity contribution >= 4 is 45.4 Å². The summed E-state index contributed by atoms with van der Waals surface area (Å²) in [6, 6.07) is 14.4. The lowest BCUT2D eigenvalue weighted by Crippen LogP contribution is -2.38. The van der Waals surface area contributed by atoms with Crippen LogP contribution < -0.4 is 20.9 Å². The highest BCUT2D eigenvalue weighted by Gasteiger charge is 2.34. The number of halogens is 3. The lowest BCUT2D eigenvalue weighted by Gasteiger charge is -2.32. The van der Waals surface area contributed by atoms with E-state index in [4.69, 9.17) is 0 Å². The van der Waals surface area contributed by atoms with Crippen molar-refractivity contribution in [1.82, 2.24) is 25.5 Å². The number of ether oxygens (including phenoxy) is 1. The van der Waals surface area contributed by atoms with Crippen LogP contribution in [0.2, 0.25) is 0 Å². The van der Waals surface area contributed by atoms with Crippen LogP contribution in [0.5, 0.6) is 5.75 Å². The largest absolute Gasteiger partial charge is 0.573 e. The molecule has 1 aliphatic carbocycles. The monoisotopic (exact) mass is 635 g/mol.